The molecule has 0 fully saturated rings. The second-order valence-corrected chi connectivity index (χ2v) is 12.5. The minimum atomic E-state index is -6.95. The van der Waals surface area contributed by atoms with Crippen LogP contribution in [0.2, 0.25) is 0 Å². The molecule has 0 saturated heterocycles. The molecule has 34 heavy (non-hydrogen) atoms. The van der Waals surface area contributed by atoms with E-state index in [1.807, 2.05) is 0 Å². The van der Waals surface area contributed by atoms with Crippen molar-refractivity contribution in [2.75, 3.05) is 18.3 Å². The van der Waals surface area contributed by atoms with Crippen molar-refractivity contribution in [2.45, 2.75) is 17.4 Å². The first-order valence-corrected chi connectivity index (χ1v) is 13.0. The minimum Gasteiger partial charge on any atom is -0.293 e. The molecule has 0 saturated carbocycles. The van der Waals surface area contributed by atoms with Crippen LogP contribution in [-0.4, -0.2) is 55.6 Å². The molecule has 2 aromatic rings. The zero-order valence-corrected chi connectivity index (χ0v) is 19.0. The van der Waals surface area contributed by atoms with Gasteiger partial charge in [0.2, 0.25) is 0 Å². The fraction of sp³-hybridized carbons (Fsp3) is 0.300. The number of alkyl halides is 7. The van der Waals surface area contributed by atoms with Crippen LogP contribution in [0.25, 0.3) is 0 Å². The van der Waals surface area contributed by atoms with Crippen molar-refractivity contribution in [1.29, 1.82) is 0 Å². The zero-order valence-electron chi connectivity index (χ0n) is 17.4. The number of ketones is 2. The van der Waals surface area contributed by atoms with Crippen LogP contribution in [0, 0.1) is 0 Å². The van der Waals surface area contributed by atoms with Crippen molar-refractivity contribution in [3.05, 3.63) is 71.3 Å². The van der Waals surface area contributed by atoms with Crippen LogP contribution in [0.1, 0.15) is 26.3 Å². The number of carbonyl (C=O) groups is 2. The van der Waals surface area contributed by atoms with Crippen LogP contribution in [0.5, 0.6) is 0 Å². The molecular formula is C20H17F7O5S2. The first-order valence-electron chi connectivity index (χ1n) is 9.05. The summed E-state index contributed by atoms with van der Waals surface area (Å²) in [5, 5.41) is -6.66. The molecule has 2 rings (SSSR count). The second kappa shape index (κ2) is 9.30. The van der Waals surface area contributed by atoms with Gasteiger partial charge in [-0.15, -0.1) is 10.3 Å². The third-order valence-electron chi connectivity index (χ3n) is 4.30. The second-order valence-electron chi connectivity index (χ2n) is 7.36. The average Bonchev–Trinajstić information content (AvgIpc) is 2.71. The third-order valence-corrected chi connectivity index (χ3v) is 8.33. The molecule has 0 radical (unpaired) electrons. The topological polar surface area (TPSA) is 77.5 Å². The van der Waals surface area contributed by atoms with E-state index >= 15 is 0 Å². The van der Waals surface area contributed by atoms with Gasteiger partial charge in [0.15, 0.2) is 11.6 Å². The van der Waals surface area contributed by atoms with E-state index in [2.05, 4.69) is 3.63 Å². The van der Waals surface area contributed by atoms with E-state index in [9.17, 15) is 48.7 Å². The fourth-order valence-corrected chi connectivity index (χ4v) is 6.38. The number of hydrogen-bond donors (Lipinski definition) is 0. The minimum absolute atomic E-state index is 0.120. The molecular weight excluding hydrogens is 517 g/mol. The standard InChI is InChI=1S/C20H17F7O5S2/c1-33(2,32-34(30,31)20(26,27)18(21,22)19(23,24)25)12-16(28)14-10-6-7-11-15(14)17(29)13-8-4-3-5-9-13/h3-11H,12H2,1-2H3. The first kappa shape index (κ1) is 27.8. The molecule has 0 N–H and O–H groups in total. The molecule has 0 aliphatic carbocycles. The molecule has 5 nitrogen and oxygen atoms in total. The summed E-state index contributed by atoms with van der Waals surface area (Å²) in [7, 11) is -10.4. The molecule has 0 aromatic heterocycles. The number of carbonyl (C=O) groups excluding carboxylic acids is 2. The SMILES string of the molecule is CS(C)(CC(=O)c1ccccc1C(=O)c1ccccc1)OS(=O)(=O)C(F)(F)C(F)(F)C(F)(F)F. The van der Waals surface area contributed by atoms with Crippen molar-refractivity contribution >= 4 is 32.0 Å². The largest absolute Gasteiger partial charge is 0.461 e. The van der Waals surface area contributed by atoms with Gasteiger partial charge in [-0.3, -0.25) is 9.59 Å². The van der Waals surface area contributed by atoms with Gasteiger partial charge in [-0.05, 0) is 12.5 Å². The lowest BCUT2D eigenvalue weighted by Gasteiger charge is -2.33. The molecule has 0 aliphatic heterocycles. The summed E-state index contributed by atoms with van der Waals surface area (Å²) < 4.78 is 118. The summed E-state index contributed by atoms with van der Waals surface area (Å²) in [5.41, 5.74) is -0.168. The van der Waals surface area contributed by atoms with Crippen LogP contribution in [-0.2, 0) is 13.7 Å². The average molecular weight is 534 g/mol. The molecule has 188 valence electrons. The van der Waals surface area contributed by atoms with Gasteiger partial charge in [-0.2, -0.15) is 39.2 Å². The van der Waals surface area contributed by atoms with Gasteiger partial charge < -0.3 is 0 Å². The third kappa shape index (κ3) is 5.44. The number of halogens is 7. The maximum Gasteiger partial charge on any atom is 0.461 e. The highest BCUT2D eigenvalue weighted by Gasteiger charge is 2.79. The molecule has 0 aliphatic rings. The van der Waals surface area contributed by atoms with E-state index in [1.165, 1.54) is 36.4 Å². The predicted molar refractivity (Wildman–Crippen MR) is 111 cm³/mol. The molecule has 0 spiro atoms. The van der Waals surface area contributed by atoms with E-state index in [1.54, 1.807) is 18.2 Å². The smallest absolute Gasteiger partial charge is 0.293 e. The monoisotopic (exact) mass is 534 g/mol. The predicted octanol–water partition coefficient (Wildman–Crippen LogP) is 5.22. The summed E-state index contributed by atoms with van der Waals surface area (Å²) in [6.07, 6.45) is -5.27. The van der Waals surface area contributed by atoms with Crippen molar-refractivity contribution < 1.29 is 52.4 Å². The summed E-state index contributed by atoms with van der Waals surface area (Å²) in [4.78, 5) is 25.5. The maximum absolute atomic E-state index is 13.7. The van der Waals surface area contributed by atoms with Crippen LogP contribution in [0.15, 0.2) is 54.6 Å². The summed E-state index contributed by atoms with van der Waals surface area (Å²) in [6.45, 7) is 0. The van der Waals surface area contributed by atoms with Crippen molar-refractivity contribution in [3.8, 4) is 0 Å². The Kier molecular flexibility index (Phi) is 7.60. The number of rotatable bonds is 9. The van der Waals surface area contributed by atoms with Gasteiger partial charge in [0, 0.05) is 16.7 Å². The van der Waals surface area contributed by atoms with Gasteiger partial charge in [-0.1, -0.05) is 54.6 Å². The highest BCUT2D eigenvalue weighted by Crippen LogP contribution is 2.53. The summed E-state index contributed by atoms with van der Waals surface area (Å²) >= 11 is 0. The van der Waals surface area contributed by atoms with E-state index in [4.69, 9.17) is 0 Å². The molecule has 14 heteroatoms. The van der Waals surface area contributed by atoms with Gasteiger partial charge in [0.25, 0.3) is 0 Å². The van der Waals surface area contributed by atoms with E-state index in [0.29, 0.717) is 0 Å². The number of Topliss-reactive ketones (excluding diaryl/α,β-unsaturated/α-hetero) is 1. The van der Waals surface area contributed by atoms with Crippen molar-refractivity contribution in [3.63, 3.8) is 0 Å². The van der Waals surface area contributed by atoms with Gasteiger partial charge in [-0.25, -0.2) is 3.63 Å². The molecule has 0 unspecified atom stereocenters. The Balaban J connectivity index is 2.33. The van der Waals surface area contributed by atoms with Gasteiger partial charge in [0.05, 0.1) is 5.75 Å². The number of hydrogen-bond acceptors (Lipinski definition) is 5. The van der Waals surface area contributed by atoms with E-state index in [0.717, 1.165) is 12.5 Å². The van der Waals surface area contributed by atoms with Crippen LogP contribution < -0.4 is 0 Å². The van der Waals surface area contributed by atoms with Crippen molar-refractivity contribution in [2.24, 2.45) is 0 Å². The lowest BCUT2D eigenvalue weighted by Crippen LogP contribution is -2.56. The highest BCUT2D eigenvalue weighted by atomic mass is 32.3. The molecule has 0 bridgehead atoms. The Morgan fingerprint density at radius 1 is 0.794 bits per heavy atom. The van der Waals surface area contributed by atoms with E-state index < -0.39 is 55.1 Å². The lowest BCUT2D eigenvalue weighted by atomic mass is 9.96. The van der Waals surface area contributed by atoms with Crippen molar-refractivity contribution in [1.82, 2.24) is 0 Å². The summed E-state index contributed by atoms with van der Waals surface area (Å²) in [6, 6.07) is 12.9. The Morgan fingerprint density at radius 2 is 1.26 bits per heavy atom. The fourth-order valence-electron chi connectivity index (χ4n) is 2.69. The first-order chi connectivity index (χ1) is 15.3. The zero-order chi connectivity index (χ0) is 26.2. The van der Waals surface area contributed by atoms with Gasteiger partial charge in [0.1, 0.15) is 0 Å². The van der Waals surface area contributed by atoms with Crippen LogP contribution in [0.4, 0.5) is 30.7 Å². The Morgan fingerprint density at radius 3 is 1.76 bits per heavy atom. The van der Waals surface area contributed by atoms with Crippen LogP contribution >= 0.6 is 10.3 Å². The quantitative estimate of drug-likeness (QED) is 0.326. The van der Waals surface area contributed by atoms with E-state index in [-0.39, 0.29) is 16.7 Å². The Hall–Kier alpha value is -2.45. The normalized spacial score (nSPS) is 14.0. The number of benzene rings is 2. The highest BCUT2D eigenvalue weighted by molar-refractivity contribution is 8.32. The van der Waals surface area contributed by atoms with Gasteiger partial charge >= 0.3 is 27.5 Å². The Bertz CT molecular complexity index is 1180. The molecule has 2 aromatic carbocycles. The molecule has 0 heterocycles. The Labute approximate surface area is 191 Å². The molecule has 0 atom stereocenters. The maximum atomic E-state index is 13.7. The van der Waals surface area contributed by atoms with Crippen LogP contribution in [0.3, 0.4) is 0 Å². The lowest BCUT2D eigenvalue weighted by molar-refractivity contribution is -0.333. The molecule has 0 amide bonds. The summed E-state index contributed by atoms with van der Waals surface area (Å²) in [5.74, 6) is -9.49.